The van der Waals surface area contributed by atoms with Gasteiger partial charge in [-0.05, 0) is 58.3 Å². The Bertz CT molecular complexity index is 1130. The van der Waals surface area contributed by atoms with Crippen LogP contribution < -0.4 is 0 Å². The fourth-order valence-electron chi connectivity index (χ4n) is 3.94. The fraction of sp³-hybridized carbons (Fsp3) is 0.318. The van der Waals surface area contributed by atoms with Crippen LogP contribution in [-0.2, 0) is 9.59 Å². The molecule has 3 aromatic heterocycles. The van der Waals surface area contributed by atoms with Gasteiger partial charge in [0, 0.05) is 12.7 Å². The van der Waals surface area contributed by atoms with Gasteiger partial charge < -0.3 is 19.3 Å². The van der Waals surface area contributed by atoms with E-state index in [1.54, 1.807) is 29.7 Å². The Hall–Kier alpha value is -3.39. The predicted molar refractivity (Wildman–Crippen MR) is 111 cm³/mol. The molecule has 1 saturated heterocycles. The number of likely N-dealkylation sites (tertiary alicyclic amines) is 1. The molecule has 3 aromatic rings. The first-order valence-electron chi connectivity index (χ1n) is 9.80. The minimum atomic E-state index is -0.782. The van der Waals surface area contributed by atoms with Crippen molar-refractivity contribution in [3.05, 3.63) is 65.5 Å². The zero-order chi connectivity index (χ0) is 21.4. The van der Waals surface area contributed by atoms with Crippen LogP contribution in [0, 0.1) is 6.92 Å². The quantitative estimate of drug-likeness (QED) is 0.383. The number of ketones is 1. The molecule has 1 amide bonds. The van der Waals surface area contributed by atoms with Gasteiger partial charge in [0.25, 0.3) is 11.7 Å². The number of carbonyl (C=O) groups excluding carboxylic acids is 2. The third-order valence-electron chi connectivity index (χ3n) is 5.29. The number of aliphatic hydroxyl groups excluding tert-OH is 1. The lowest BCUT2D eigenvalue weighted by Gasteiger charge is -2.24. The minimum Gasteiger partial charge on any atom is -0.505 e. The lowest BCUT2D eigenvalue weighted by molar-refractivity contribution is -0.140. The second kappa shape index (κ2) is 7.79. The van der Waals surface area contributed by atoms with E-state index in [1.807, 2.05) is 37.2 Å². The van der Waals surface area contributed by atoms with Gasteiger partial charge in [0.15, 0.2) is 5.76 Å². The molecular weight excluding hydrogens is 384 g/mol. The number of Topliss-reactive ketones (excluding diaryl/α,β-unsaturated/α-hetero) is 1. The van der Waals surface area contributed by atoms with Crippen molar-refractivity contribution in [1.29, 1.82) is 0 Å². The van der Waals surface area contributed by atoms with Crippen LogP contribution in [0.1, 0.15) is 29.6 Å². The number of amides is 1. The van der Waals surface area contributed by atoms with Crippen molar-refractivity contribution in [3.8, 4) is 0 Å². The van der Waals surface area contributed by atoms with Crippen molar-refractivity contribution >= 4 is 23.1 Å². The molecule has 0 bridgehead atoms. The van der Waals surface area contributed by atoms with Gasteiger partial charge in [-0.15, -0.1) is 0 Å². The van der Waals surface area contributed by atoms with E-state index in [0.717, 1.165) is 6.54 Å². The standard InChI is InChI=1S/C22H24N4O4/c1-14-18(25-11-5-4-9-16(25)23-14)20(27)17-19(15-8-6-13-30-15)26(22(29)21(17)28)12-7-10-24(2)3/h4-6,8-9,11,13,19,27H,7,10,12H2,1-3H3/b20-17+/t19-/m0/s1. The van der Waals surface area contributed by atoms with E-state index in [4.69, 9.17) is 4.42 Å². The van der Waals surface area contributed by atoms with Gasteiger partial charge in [0.2, 0.25) is 0 Å². The lowest BCUT2D eigenvalue weighted by atomic mass is 10.0. The summed E-state index contributed by atoms with van der Waals surface area (Å²) >= 11 is 0. The molecule has 0 saturated carbocycles. The summed E-state index contributed by atoms with van der Waals surface area (Å²) in [4.78, 5) is 33.8. The van der Waals surface area contributed by atoms with E-state index >= 15 is 0 Å². The van der Waals surface area contributed by atoms with Gasteiger partial charge in [-0.1, -0.05) is 6.07 Å². The monoisotopic (exact) mass is 408 g/mol. The van der Waals surface area contributed by atoms with Gasteiger partial charge >= 0.3 is 0 Å². The molecule has 0 aromatic carbocycles. The topological polar surface area (TPSA) is 91.3 Å². The van der Waals surface area contributed by atoms with Crippen LogP contribution in [0.2, 0.25) is 0 Å². The van der Waals surface area contributed by atoms with Gasteiger partial charge in [-0.25, -0.2) is 4.98 Å². The van der Waals surface area contributed by atoms with Gasteiger partial charge in [0.05, 0.1) is 17.5 Å². The van der Waals surface area contributed by atoms with E-state index in [2.05, 4.69) is 4.98 Å². The second-order valence-corrected chi connectivity index (χ2v) is 7.64. The van der Waals surface area contributed by atoms with Crippen LogP contribution in [0.3, 0.4) is 0 Å². The van der Waals surface area contributed by atoms with E-state index < -0.39 is 17.7 Å². The third-order valence-corrected chi connectivity index (χ3v) is 5.29. The second-order valence-electron chi connectivity index (χ2n) is 7.64. The molecule has 156 valence electrons. The Morgan fingerprint density at radius 2 is 2.03 bits per heavy atom. The van der Waals surface area contributed by atoms with Gasteiger partial charge in [-0.3, -0.25) is 14.0 Å². The van der Waals surface area contributed by atoms with Gasteiger partial charge in [-0.2, -0.15) is 0 Å². The summed E-state index contributed by atoms with van der Waals surface area (Å²) in [6.45, 7) is 2.90. The number of pyridine rings is 1. The number of aryl methyl sites for hydroxylation is 1. The van der Waals surface area contributed by atoms with Crippen LogP contribution in [0.15, 0.2) is 52.8 Å². The average Bonchev–Trinajstić information content (AvgIpc) is 3.40. The summed E-state index contributed by atoms with van der Waals surface area (Å²) in [6, 6.07) is 8.11. The van der Waals surface area contributed by atoms with Crippen molar-refractivity contribution in [2.45, 2.75) is 19.4 Å². The first-order chi connectivity index (χ1) is 14.4. The largest absolute Gasteiger partial charge is 0.505 e. The molecule has 0 spiro atoms. The van der Waals surface area contributed by atoms with E-state index in [9.17, 15) is 14.7 Å². The van der Waals surface area contributed by atoms with Crippen LogP contribution in [-0.4, -0.2) is 63.2 Å². The first-order valence-corrected chi connectivity index (χ1v) is 9.80. The first kappa shape index (κ1) is 19.9. The normalized spacial score (nSPS) is 18.8. The highest BCUT2D eigenvalue weighted by atomic mass is 16.3. The van der Waals surface area contributed by atoms with E-state index in [1.165, 1.54) is 11.2 Å². The molecule has 1 aliphatic heterocycles. The number of aromatic nitrogens is 2. The maximum absolute atomic E-state index is 13.0. The molecule has 0 aliphatic carbocycles. The van der Waals surface area contributed by atoms with Crippen molar-refractivity contribution in [3.63, 3.8) is 0 Å². The highest BCUT2D eigenvalue weighted by Gasteiger charge is 2.47. The number of nitrogens with zero attached hydrogens (tertiary/aromatic N) is 4. The number of hydrogen-bond acceptors (Lipinski definition) is 6. The summed E-state index contributed by atoms with van der Waals surface area (Å²) in [7, 11) is 3.90. The summed E-state index contributed by atoms with van der Waals surface area (Å²) < 4.78 is 7.27. The molecule has 1 N–H and O–H groups in total. The third kappa shape index (κ3) is 3.29. The number of imidazole rings is 1. The van der Waals surface area contributed by atoms with Crippen molar-refractivity contribution < 1.29 is 19.1 Å². The Morgan fingerprint density at radius 3 is 2.73 bits per heavy atom. The summed E-state index contributed by atoms with van der Waals surface area (Å²) in [5.41, 5.74) is 1.63. The number of rotatable bonds is 6. The zero-order valence-corrected chi connectivity index (χ0v) is 17.2. The molecule has 8 nitrogen and oxygen atoms in total. The van der Waals surface area contributed by atoms with Crippen LogP contribution in [0.4, 0.5) is 0 Å². The van der Waals surface area contributed by atoms with E-state index in [0.29, 0.717) is 35.8 Å². The van der Waals surface area contributed by atoms with Crippen LogP contribution >= 0.6 is 0 Å². The SMILES string of the molecule is Cc1nc2ccccn2c1/C(O)=C1\C(=O)C(=O)N(CCCN(C)C)[C@H]1c1ccco1. The average molecular weight is 408 g/mol. The Balaban J connectivity index is 1.85. The summed E-state index contributed by atoms with van der Waals surface area (Å²) in [5.74, 6) is -1.17. The summed E-state index contributed by atoms with van der Waals surface area (Å²) in [5, 5.41) is 11.2. The number of hydrogen-bond donors (Lipinski definition) is 1. The molecule has 0 unspecified atom stereocenters. The van der Waals surface area contributed by atoms with Crippen molar-refractivity contribution in [2.75, 3.05) is 27.2 Å². The molecule has 4 heterocycles. The molecule has 4 rings (SSSR count). The molecule has 8 heteroatoms. The van der Waals surface area contributed by atoms with Gasteiger partial charge in [0.1, 0.15) is 23.1 Å². The molecule has 1 fully saturated rings. The fourth-order valence-corrected chi connectivity index (χ4v) is 3.94. The lowest BCUT2D eigenvalue weighted by Crippen LogP contribution is -2.32. The number of fused-ring (bicyclic) bond motifs is 1. The number of aliphatic hydroxyl groups is 1. The smallest absolute Gasteiger partial charge is 0.295 e. The summed E-state index contributed by atoms with van der Waals surface area (Å²) in [6.07, 6.45) is 3.94. The highest BCUT2D eigenvalue weighted by Crippen LogP contribution is 2.40. The Labute approximate surface area is 174 Å². The van der Waals surface area contributed by atoms with Crippen molar-refractivity contribution in [2.24, 2.45) is 0 Å². The van der Waals surface area contributed by atoms with E-state index in [-0.39, 0.29) is 11.3 Å². The van der Waals surface area contributed by atoms with Crippen molar-refractivity contribution in [1.82, 2.24) is 19.2 Å². The zero-order valence-electron chi connectivity index (χ0n) is 17.2. The minimum absolute atomic E-state index is 0.0218. The number of furan rings is 1. The van der Waals surface area contributed by atoms with Crippen LogP contribution in [0.5, 0.6) is 0 Å². The Kier molecular flexibility index (Phi) is 5.17. The molecule has 1 aliphatic rings. The molecular formula is C22H24N4O4. The predicted octanol–water partition coefficient (Wildman–Crippen LogP) is 2.61. The van der Waals surface area contributed by atoms with Crippen LogP contribution in [0.25, 0.3) is 11.4 Å². The Morgan fingerprint density at radius 1 is 1.23 bits per heavy atom. The maximum Gasteiger partial charge on any atom is 0.295 e. The molecule has 1 atom stereocenters. The molecule has 0 radical (unpaired) electrons. The molecule has 30 heavy (non-hydrogen) atoms. The highest BCUT2D eigenvalue weighted by molar-refractivity contribution is 6.46. The maximum atomic E-state index is 13.0. The number of carbonyl (C=O) groups is 2.